The molecule has 2 aliphatic heterocycles. The Hall–Kier alpha value is -2.83. The normalized spacial score (nSPS) is 25.4. The lowest BCUT2D eigenvalue weighted by molar-refractivity contribution is -0.146. The number of aromatic nitrogens is 2. The number of carbonyl (C=O) groups is 1. The minimum atomic E-state index is -0.329. The van der Waals surface area contributed by atoms with Gasteiger partial charge >= 0.3 is 5.97 Å². The first-order chi connectivity index (χ1) is 13.8. The Bertz CT molecular complexity index is 860. The maximum absolute atomic E-state index is 13.0. The topological polar surface area (TPSA) is 73.8 Å². The molecule has 3 atom stereocenters. The summed E-state index contributed by atoms with van der Waals surface area (Å²) in [6.45, 7) is 0.445. The maximum atomic E-state index is 13.0. The van der Waals surface area contributed by atoms with Gasteiger partial charge in [0.25, 0.3) is 0 Å². The Kier molecular flexibility index (Phi) is 4.50. The molecule has 0 unspecified atom stereocenters. The van der Waals surface area contributed by atoms with Crippen molar-refractivity contribution < 1.29 is 19.0 Å². The van der Waals surface area contributed by atoms with Gasteiger partial charge in [-0.15, -0.1) is 0 Å². The third-order valence-corrected chi connectivity index (χ3v) is 5.96. The van der Waals surface area contributed by atoms with Crippen molar-refractivity contribution in [3.63, 3.8) is 0 Å². The molecule has 146 valence electrons. The van der Waals surface area contributed by atoms with E-state index in [9.17, 15) is 4.79 Å². The first-order valence-corrected chi connectivity index (χ1v) is 9.90. The van der Waals surface area contributed by atoms with E-state index in [1.807, 2.05) is 18.2 Å². The van der Waals surface area contributed by atoms with Gasteiger partial charge in [-0.05, 0) is 48.9 Å². The van der Waals surface area contributed by atoms with Crippen LogP contribution in [0.3, 0.4) is 0 Å². The Labute approximate surface area is 163 Å². The van der Waals surface area contributed by atoms with E-state index in [2.05, 4.69) is 14.9 Å². The molecule has 1 saturated carbocycles. The second-order valence-corrected chi connectivity index (χ2v) is 7.61. The summed E-state index contributed by atoms with van der Waals surface area (Å²) in [6, 6.07) is 7.39. The summed E-state index contributed by atoms with van der Waals surface area (Å²) in [6.07, 6.45) is 8.91. The van der Waals surface area contributed by atoms with E-state index >= 15 is 0 Å². The van der Waals surface area contributed by atoms with Crippen LogP contribution in [0.1, 0.15) is 37.7 Å². The monoisotopic (exact) mass is 381 g/mol. The summed E-state index contributed by atoms with van der Waals surface area (Å²) in [5, 5.41) is 0. The first-order valence-electron chi connectivity index (χ1n) is 9.90. The summed E-state index contributed by atoms with van der Waals surface area (Å²) in [5.74, 6) is 2.34. The van der Waals surface area contributed by atoms with Crippen LogP contribution in [0.4, 0.5) is 5.95 Å². The third kappa shape index (κ3) is 3.15. The highest BCUT2D eigenvalue weighted by atomic mass is 16.7. The number of fused-ring (bicyclic) bond motifs is 2. The summed E-state index contributed by atoms with van der Waals surface area (Å²) < 4.78 is 16.4. The second kappa shape index (κ2) is 7.30. The molecule has 1 saturated heterocycles. The van der Waals surface area contributed by atoms with Gasteiger partial charge in [-0.2, -0.15) is 0 Å². The van der Waals surface area contributed by atoms with E-state index in [-0.39, 0.29) is 25.4 Å². The van der Waals surface area contributed by atoms with Crippen LogP contribution in [0.2, 0.25) is 0 Å². The van der Waals surface area contributed by atoms with Crippen LogP contribution in [0, 0.1) is 5.92 Å². The standard InChI is InChI=1S/C21H23N3O4/c25-20(26-12-14-6-7-18-19(10-14)28-13-27-18)17-11-15-4-1-2-5-16(15)24(17)21-22-8-3-9-23-21/h3,6-10,15-17H,1-2,4-5,11-13H2/t15-,16-,17-/m0/s1. The quantitative estimate of drug-likeness (QED) is 0.754. The second-order valence-electron chi connectivity index (χ2n) is 7.61. The first kappa shape index (κ1) is 17.3. The Morgan fingerprint density at radius 1 is 1.14 bits per heavy atom. The van der Waals surface area contributed by atoms with Crippen LogP contribution < -0.4 is 14.4 Å². The fraction of sp³-hybridized carbons (Fsp3) is 0.476. The molecule has 7 nitrogen and oxygen atoms in total. The molecule has 1 aliphatic carbocycles. The Morgan fingerprint density at radius 3 is 2.86 bits per heavy atom. The van der Waals surface area contributed by atoms with Crippen molar-refractivity contribution in [3.05, 3.63) is 42.2 Å². The van der Waals surface area contributed by atoms with E-state index in [4.69, 9.17) is 14.2 Å². The van der Waals surface area contributed by atoms with Crippen molar-refractivity contribution >= 4 is 11.9 Å². The van der Waals surface area contributed by atoms with Crippen LogP contribution in [0.15, 0.2) is 36.7 Å². The van der Waals surface area contributed by atoms with Gasteiger partial charge in [0.05, 0.1) is 0 Å². The molecular formula is C21H23N3O4. The summed E-state index contributed by atoms with van der Waals surface area (Å²) >= 11 is 0. The van der Waals surface area contributed by atoms with Crippen molar-refractivity contribution in [2.75, 3.05) is 11.7 Å². The molecule has 0 spiro atoms. The van der Waals surface area contributed by atoms with Gasteiger partial charge in [0.2, 0.25) is 12.7 Å². The molecule has 5 rings (SSSR count). The molecule has 1 aromatic heterocycles. The minimum absolute atomic E-state index is 0.209. The van der Waals surface area contributed by atoms with Crippen molar-refractivity contribution in [2.24, 2.45) is 5.92 Å². The zero-order valence-corrected chi connectivity index (χ0v) is 15.6. The average molecular weight is 381 g/mol. The predicted molar refractivity (Wildman–Crippen MR) is 101 cm³/mol. The lowest BCUT2D eigenvalue weighted by Gasteiger charge is -2.33. The third-order valence-electron chi connectivity index (χ3n) is 5.96. The number of hydrogen-bond donors (Lipinski definition) is 0. The highest BCUT2D eigenvalue weighted by Gasteiger charge is 2.47. The average Bonchev–Trinajstić information content (AvgIpc) is 3.36. The van der Waals surface area contributed by atoms with Gasteiger partial charge in [-0.25, -0.2) is 14.8 Å². The molecule has 0 bridgehead atoms. The predicted octanol–water partition coefficient (Wildman–Crippen LogP) is 3.09. The SMILES string of the molecule is O=C(OCc1ccc2c(c1)OCO2)[C@@H]1C[C@@H]2CCCC[C@@H]2N1c1ncccn1. The molecule has 7 heteroatoms. The number of rotatable bonds is 4. The van der Waals surface area contributed by atoms with Crippen molar-refractivity contribution in [3.8, 4) is 11.5 Å². The van der Waals surface area contributed by atoms with E-state index in [1.54, 1.807) is 18.5 Å². The van der Waals surface area contributed by atoms with E-state index in [1.165, 1.54) is 12.8 Å². The van der Waals surface area contributed by atoms with Gasteiger partial charge in [0.15, 0.2) is 11.5 Å². The van der Waals surface area contributed by atoms with Crippen LogP contribution >= 0.6 is 0 Å². The largest absolute Gasteiger partial charge is 0.459 e. The van der Waals surface area contributed by atoms with Crippen LogP contribution in [0.25, 0.3) is 0 Å². The van der Waals surface area contributed by atoms with Crippen LogP contribution in [-0.2, 0) is 16.1 Å². The number of nitrogens with zero attached hydrogens (tertiary/aromatic N) is 3. The summed E-state index contributed by atoms with van der Waals surface area (Å²) in [7, 11) is 0. The lowest BCUT2D eigenvalue weighted by atomic mass is 9.85. The zero-order chi connectivity index (χ0) is 18.9. The number of carbonyl (C=O) groups excluding carboxylic acids is 1. The molecule has 0 radical (unpaired) electrons. The van der Waals surface area contributed by atoms with E-state index < -0.39 is 0 Å². The van der Waals surface area contributed by atoms with Gasteiger partial charge in [0, 0.05) is 18.4 Å². The molecule has 2 aromatic rings. The highest BCUT2D eigenvalue weighted by molar-refractivity contribution is 5.80. The Balaban J connectivity index is 1.32. The summed E-state index contributed by atoms with van der Waals surface area (Å²) in [4.78, 5) is 23.9. The molecular weight excluding hydrogens is 358 g/mol. The smallest absolute Gasteiger partial charge is 0.329 e. The minimum Gasteiger partial charge on any atom is -0.459 e. The van der Waals surface area contributed by atoms with Gasteiger partial charge in [0.1, 0.15) is 12.6 Å². The van der Waals surface area contributed by atoms with Crippen molar-refractivity contribution in [1.82, 2.24) is 9.97 Å². The lowest BCUT2D eigenvalue weighted by Crippen LogP contribution is -2.44. The number of esters is 1. The van der Waals surface area contributed by atoms with Crippen LogP contribution in [0.5, 0.6) is 11.5 Å². The Morgan fingerprint density at radius 2 is 1.96 bits per heavy atom. The fourth-order valence-corrected chi connectivity index (χ4v) is 4.66. The molecule has 0 amide bonds. The summed E-state index contributed by atoms with van der Waals surface area (Å²) in [5.41, 5.74) is 0.885. The molecule has 1 aromatic carbocycles. The number of benzene rings is 1. The molecule has 0 N–H and O–H groups in total. The molecule has 2 fully saturated rings. The zero-order valence-electron chi connectivity index (χ0n) is 15.6. The van der Waals surface area contributed by atoms with Gasteiger partial charge in [-0.3, -0.25) is 0 Å². The van der Waals surface area contributed by atoms with Crippen LogP contribution in [-0.4, -0.2) is 34.8 Å². The van der Waals surface area contributed by atoms with E-state index in [0.29, 0.717) is 23.7 Å². The fourth-order valence-electron chi connectivity index (χ4n) is 4.66. The number of ether oxygens (including phenoxy) is 3. The van der Waals surface area contributed by atoms with Gasteiger partial charge < -0.3 is 19.1 Å². The van der Waals surface area contributed by atoms with Gasteiger partial charge in [-0.1, -0.05) is 18.9 Å². The molecule has 3 heterocycles. The number of anilines is 1. The molecule has 3 aliphatic rings. The highest BCUT2D eigenvalue weighted by Crippen LogP contribution is 2.41. The molecule has 28 heavy (non-hydrogen) atoms. The maximum Gasteiger partial charge on any atom is 0.329 e. The number of hydrogen-bond acceptors (Lipinski definition) is 7. The van der Waals surface area contributed by atoms with E-state index in [0.717, 1.165) is 30.6 Å². The van der Waals surface area contributed by atoms with Crippen molar-refractivity contribution in [1.29, 1.82) is 0 Å². The van der Waals surface area contributed by atoms with Crippen molar-refractivity contribution in [2.45, 2.75) is 50.8 Å².